The Morgan fingerprint density at radius 2 is 1.38 bits per heavy atom. The van der Waals surface area contributed by atoms with Crippen LogP contribution >= 0.6 is 45.2 Å². The SMILES string of the molecule is C=CCOc1cc(OCC=C)c(I)cc1I. The molecule has 0 aliphatic carbocycles. The average molecular weight is 442 g/mol. The van der Waals surface area contributed by atoms with Crippen molar-refractivity contribution in [1.29, 1.82) is 0 Å². The van der Waals surface area contributed by atoms with Gasteiger partial charge in [0, 0.05) is 6.07 Å². The van der Waals surface area contributed by atoms with E-state index in [0.29, 0.717) is 13.2 Å². The first-order valence-electron chi connectivity index (χ1n) is 4.65. The van der Waals surface area contributed by atoms with Crippen LogP contribution in [-0.4, -0.2) is 13.2 Å². The molecule has 86 valence electrons. The van der Waals surface area contributed by atoms with Crippen LogP contribution in [0.15, 0.2) is 37.4 Å². The van der Waals surface area contributed by atoms with Gasteiger partial charge in [-0.3, -0.25) is 0 Å². The zero-order valence-electron chi connectivity index (χ0n) is 8.71. The second kappa shape index (κ2) is 7.16. The molecule has 0 amide bonds. The van der Waals surface area contributed by atoms with Gasteiger partial charge in [0.05, 0.1) is 7.14 Å². The fourth-order valence-electron chi connectivity index (χ4n) is 1.03. The predicted octanol–water partition coefficient (Wildman–Crippen LogP) is 4.03. The van der Waals surface area contributed by atoms with Crippen LogP contribution in [0.3, 0.4) is 0 Å². The minimum atomic E-state index is 0.498. The van der Waals surface area contributed by atoms with E-state index in [2.05, 4.69) is 58.3 Å². The molecule has 1 aromatic carbocycles. The van der Waals surface area contributed by atoms with Gasteiger partial charge in [-0.1, -0.05) is 25.3 Å². The van der Waals surface area contributed by atoms with E-state index in [1.807, 2.05) is 12.1 Å². The Kier molecular flexibility index (Phi) is 6.18. The number of halogens is 2. The number of ether oxygens (including phenoxy) is 2. The van der Waals surface area contributed by atoms with Crippen molar-refractivity contribution in [3.05, 3.63) is 44.6 Å². The van der Waals surface area contributed by atoms with Gasteiger partial charge in [0.25, 0.3) is 0 Å². The Morgan fingerprint density at radius 1 is 0.938 bits per heavy atom. The van der Waals surface area contributed by atoms with Crippen LogP contribution in [0.2, 0.25) is 0 Å². The second-order valence-electron chi connectivity index (χ2n) is 2.91. The first-order chi connectivity index (χ1) is 7.69. The maximum absolute atomic E-state index is 5.53. The fourth-order valence-corrected chi connectivity index (χ4v) is 2.87. The largest absolute Gasteiger partial charge is 0.488 e. The first kappa shape index (κ1) is 13.8. The molecule has 1 aromatic rings. The summed E-state index contributed by atoms with van der Waals surface area (Å²) < 4.78 is 13.2. The molecule has 0 atom stereocenters. The van der Waals surface area contributed by atoms with E-state index in [9.17, 15) is 0 Å². The highest BCUT2D eigenvalue weighted by Crippen LogP contribution is 2.31. The molecule has 0 fully saturated rings. The van der Waals surface area contributed by atoms with Gasteiger partial charge in [0.1, 0.15) is 24.7 Å². The van der Waals surface area contributed by atoms with Crippen molar-refractivity contribution in [2.45, 2.75) is 0 Å². The number of benzene rings is 1. The number of rotatable bonds is 6. The van der Waals surface area contributed by atoms with Gasteiger partial charge in [0.15, 0.2) is 0 Å². The van der Waals surface area contributed by atoms with Gasteiger partial charge in [-0.25, -0.2) is 0 Å². The number of hydrogen-bond donors (Lipinski definition) is 0. The lowest BCUT2D eigenvalue weighted by Crippen LogP contribution is -1.99. The standard InChI is InChI=1S/C12H12I2O2/c1-3-5-15-11-8-12(16-6-4-2)10(14)7-9(11)13/h3-4,7-8H,1-2,5-6H2. The summed E-state index contributed by atoms with van der Waals surface area (Å²) in [4.78, 5) is 0. The summed E-state index contributed by atoms with van der Waals surface area (Å²) in [5.41, 5.74) is 0. The minimum Gasteiger partial charge on any atom is -0.488 e. The Hall–Kier alpha value is -0.240. The topological polar surface area (TPSA) is 18.5 Å². The van der Waals surface area contributed by atoms with Crippen LogP contribution in [0.1, 0.15) is 0 Å². The second-order valence-corrected chi connectivity index (χ2v) is 5.24. The van der Waals surface area contributed by atoms with E-state index in [1.165, 1.54) is 0 Å². The highest BCUT2D eigenvalue weighted by molar-refractivity contribution is 14.1. The van der Waals surface area contributed by atoms with Gasteiger partial charge in [0.2, 0.25) is 0 Å². The van der Waals surface area contributed by atoms with Gasteiger partial charge < -0.3 is 9.47 Å². The third-order valence-corrected chi connectivity index (χ3v) is 3.39. The highest BCUT2D eigenvalue weighted by atomic mass is 127. The molecule has 1 rings (SSSR count). The Balaban J connectivity index is 2.91. The van der Waals surface area contributed by atoms with Crippen LogP contribution in [-0.2, 0) is 0 Å². The average Bonchev–Trinajstić information content (AvgIpc) is 2.26. The summed E-state index contributed by atoms with van der Waals surface area (Å²) in [6.45, 7) is 8.24. The summed E-state index contributed by atoms with van der Waals surface area (Å²) in [5.74, 6) is 1.64. The van der Waals surface area contributed by atoms with Crippen LogP contribution in [0, 0.1) is 7.14 Å². The Morgan fingerprint density at radius 3 is 1.75 bits per heavy atom. The molecule has 0 saturated carbocycles. The lowest BCUT2D eigenvalue weighted by Gasteiger charge is -2.11. The quantitative estimate of drug-likeness (QED) is 0.490. The molecule has 16 heavy (non-hydrogen) atoms. The lowest BCUT2D eigenvalue weighted by molar-refractivity contribution is 0.341. The molecule has 0 aromatic heterocycles. The zero-order valence-corrected chi connectivity index (χ0v) is 13.0. The van der Waals surface area contributed by atoms with Gasteiger partial charge >= 0.3 is 0 Å². The van der Waals surface area contributed by atoms with Crippen molar-refractivity contribution in [3.63, 3.8) is 0 Å². The van der Waals surface area contributed by atoms with Crippen LogP contribution < -0.4 is 9.47 Å². The summed E-state index contributed by atoms with van der Waals surface area (Å²) in [7, 11) is 0. The highest BCUT2D eigenvalue weighted by Gasteiger charge is 2.08. The van der Waals surface area contributed by atoms with Gasteiger partial charge in [-0.2, -0.15) is 0 Å². The molecule has 0 heterocycles. The maximum atomic E-state index is 5.53. The summed E-state index contributed by atoms with van der Waals surface area (Å²) >= 11 is 4.48. The van der Waals surface area contributed by atoms with Crippen molar-refractivity contribution >= 4 is 45.2 Å². The van der Waals surface area contributed by atoms with E-state index in [0.717, 1.165) is 18.6 Å². The smallest absolute Gasteiger partial charge is 0.136 e. The summed E-state index contributed by atoms with van der Waals surface area (Å²) in [5, 5.41) is 0. The Labute approximate surface area is 123 Å². The van der Waals surface area contributed by atoms with Crippen LogP contribution in [0.4, 0.5) is 0 Å². The Bertz CT molecular complexity index is 356. The monoisotopic (exact) mass is 442 g/mol. The van der Waals surface area contributed by atoms with Crippen molar-refractivity contribution in [1.82, 2.24) is 0 Å². The molecule has 0 unspecified atom stereocenters. The van der Waals surface area contributed by atoms with Crippen molar-refractivity contribution in [3.8, 4) is 11.5 Å². The van der Waals surface area contributed by atoms with Crippen LogP contribution in [0.25, 0.3) is 0 Å². The van der Waals surface area contributed by atoms with Gasteiger partial charge in [-0.05, 0) is 51.2 Å². The van der Waals surface area contributed by atoms with E-state index in [-0.39, 0.29) is 0 Å². The third kappa shape index (κ3) is 3.97. The van der Waals surface area contributed by atoms with Crippen molar-refractivity contribution in [2.75, 3.05) is 13.2 Å². The van der Waals surface area contributed by atoms with E-state index >= 15 is 0 Å². The molecule has 0 aliphatic heterocycles. The summed E-state index contributed by atoms with van der Waals surface area (Å²) in [6.07, 6.45) is 3.44. The number of hydrogen-bond acceptors (Lipinski definition) is 2. The maximum Gasteiger partial charge on any atom is 0.136 e. The lowest BCUT2D eigenvalue weighted by atomic mass is 10.3. The third-order valence-electron chi connectivity index (χ3n) is 1.70. The molecular weight excluding hydrogens is 430 g/mol. The molecule has 0 radical (unpaired) electrons. The van der Waals surface area contributed by atoms with Crippen molar-refractivity contribution in [2.24, 2.45) is 0 Å². The van der Waals surface area contributed by atoms with E-state index in [1.54, 1.807) is 12.2 Å². The summed E-state index contributed by atoms with van der Waals surface area (Å²) in [6, 6.07) is 3.93. The van der Waals surface area contributed by atoms with Crippen LogP contribution in [0.5, 0.6) is 11.5 Å². The normalized spacial score (nSPS) is 9.62. The minimum absolute atomic E-state index is 0.498. The van der Waals surface area contributed by atoms with Crippen molar-refractivity contribution < 1.29 is 9.47 Å². The van der Waals surface area contributed by atoms with Gasteiger partial charge in [-0.15, -0.1) is 0 Å². The fraction of sp³-hybridized carbons (Fsp3) is 0.167. The molecule has 4 heteroatoms. The molecular formula is C12H12I2O2. The molecule has 0 bridgehead atoms. The molecule has 0 N–H and O–H groups in total. The predicted molar refractivity (Wildman–Crippen MR) is 83.3 cm³/mol. The van der Waals surface area contributed by atoms with E-state index in [4.69, 9.17) is 9.47 Å². The molecule has 0 saturated heterocycles. The molecule has 0 aliphatic rings. The first-order valence-corrected chi connectivity index (χ1v) is 6.81. The molecule has 2 nitrogen and oxygen atoms in total. The zero-order chi connectivity index (χ0) is 12.0. The van der Waals surface area contributed by atoms with E-state index < -0.39 is 0 Å². The molecule has 0 spiro atoms.